The van der Waals surface area contributed by atoms with E-state index in [9.17, 15) is 13.2 Å². The van der Waals surface area contributed by atoms with Crippen molar-refractivity contribution in [1.82, 2.24) is 15.3 Å². The van der Waals surface area contributed by atoms with E-state index >= 15 is 0 Å². The largest absolute Gasteiger partial charge is 0.354 e. The molecule has 6 nitrogen and oxygen atoms in total. The molecule has 0 radical (unpaired) electrons. The maximum Gasteiger partial charge on any atom is 0.225 e. The normalized spacial score (nSPS) is 12.4. The molecule has 1 unspecified atom stereocenters. The van der Waals surface area contributed by atoms with Crippen molar-refractivity contribution in [3.63, 3.8) is 0 Å². The number of thiophene rings is 1. The molecule has 0 saturated carbocycles. The van der Waals surface area contributed by atoms with Crippen LogP contribution < -0.4 is 5.32 Å². The van der Waals surface area contributed by atoms with E-state index in [0.29, 0.717) is 5.56 Å². The van der Waals surface area contributed by atoms with Crippen molar-refractivity contribution in [2.75, 3.05) is 6.54 Å². The Hall–Kier alpha value is -2.88. The second-order valence-electron chi connectivity index (χ2n) is 7.10. The van der Waals surface area contributed by atoms with Crippen LogP contribution in [0.5, 0.6) is 0 Å². The Balaban J connectivity index is 1.54. The Morgan fingerprint density at radius 3 is 2.59 bits per heavy atom. The first-order valence-electron chi connectivity index (χ1n) is 9.91. The summed E-state index contributed by atoms with van der Waals surface area (Å²) in [6.45, 7) is 1.86. The van der Waals surface area contributed by atoms with E-state index in [1.807, 2.05) is 24.4 Å². The third kappa shape index (κ3) is 4.95. The summed E-state index contributed by atoms with van der Waals surface area (Å²) < 4.78 is 26.7. The third-order valence-electron chi connectivity index (χ3n) is 4.87. The molecule has 0 saturated heterocycles. The van der Waals surface area contributed by atoms with E-state index in [1.165, 1.54) is 17.5 Å². The molecule has 1 atom stereocenters. The Morgan fingerprint density at radius 2 is 1.91 bits per heavy atom. The number of carbonyl (C=O) groups is 1. The summed E-state index contributed by atoms with van der Waals surface area (Å²) >= 11 is 3.05. The summed E-state index contributed by atoms with van der Waals surface area (Å²) in [4.78, 5) is 23.5. The average molecular weight is 484 g/mol. The number of aromatic nitrogens is 2. The van der Waals surface area contributed by atoms with Gasteiger partial charge in [0.25, 0.3) is 0 Å². The van der Waals surface area contributed by atoms with Crippen LogP contribution in [0.1, 0.15) is 20.7 Å². The molecule has 0 aliphatic rings. The number of pyridine rings is 1. The lowest BCUT2D eigenvalue weighted by Gasteiger charge is -2.18. The van der Waals surface area contributed by atoms with Crippen LogP contribution in [0, 0.1) is 6.92 Å². The van der Waals surface area contributed by atoms with Gasteiger partial charge in [-0.05, 0) is 42.1 Å². The van der Waals surface area contributed by atoms with Crippen molar-refractivity contribution in [2.45, 2.75) is 23.5 Å². The highest BCUT2D eigenvalue weighted by molar-refractivity contribution is 7.91. The average Bonchev–Trinajstić information content (AvgIpc) is 3.45. The molecule has 4 rings (SSSR count). The van der Waals surface area contributed by atoms with Crippen molar-refractivity contribution in [3.05, 3.63) is 87.8 Å². The first-order chi connectivity index (χ1) is 15.4. The van der Waals surface area contributed by atoms with Gasteiger partial charge in [-0.15, -0.1) is 22.7 Å². The predicted molar refractivity (Wildman–Crippen MR) is 127 cm³/mol. The van der Waals surface area contributed by atoms with Gasteiger partial charge in [0.05, 0.1) is 26.9 Å². The van der Waals surface area contributed by atoms with Gasteiger partial charge in [0.1, 0.15) is 5.25 Å². The predicted octanol–water partition coefficient (Wildman–Crippen LogP) is 4.45. The Kier molecular flexibility index (Phi) is 6.78. The van der Waals surface area contributed by atoms with E-state index in [0.717, 1.165) is 20.5 Å². The van der Waals surface area contributed by atoms with Crippen LogP contribution in [0.2, 0.25) is 0 Å². The second kappa shape index (κ2) is 9.72. The van der Waals surface area contributed by atoms with Crippen LogP contribution in [0.3, 0.4) is 0 Å². The maximum atomic E-state index is 13.3. The zero-order valence-corrected chi connectivity index (χ0v) is 19.7. The topological polar surface area (TPSA) is 89.0 Å². The lowest BCUT2D eigenvalue weighted by molar-refractivity contribution is -0.120. The van der Waals surface area contributed by atoms with Crippen molar-refractivity contribution >= 4 is 38.4 Å². The number of hydrogen-bond acceptors (Lipinski definition) is 7. The van der Waals surface area contributed by atoms with E-state index in [2.05, 4.69) is 15.3 Å². The number of hydrogen-bond donors (Lipinski definition) is 1. The zero-order chi connectivity index (χ0) is 22.6. The van der Waals surface area contributed by atoms with Crippen molar-refractivity contribution in [3.8, 4) is 10.6 Å². The second-order valence-corrected chi connectivity index (χ2v) is 11.5. The van der Waals surface area contributed by atoms with E-state index < -0.39 is 15.1 Å². The number of thiazole rings is 1. The highest BCUT2D eigenvalue weighted by Gasteiger charge is 2.30. The lowest BCUT2D eigenvalue weighted by Crippen LogP contribution is -2.32. The molecule has 0 fully saturated rings. The fourth-order valence-electron chi connectivity index (χ4n) is 3.36. The lowest BCUT2D eigenvalue weighted by atomic mass is 10.2. The van der Waals surface area contributed by atoms with Crippen LogP contribution in [0.4, 0.5) is 0 Å². The van der Waals surface area contributed by atoms with Gasteiger partial charge in [-0.25, -0.2) is 13.4 Å². The molecule has 3 aromatic heterocycles. The summed E-state index contributed by atoms with van der Waals surface area (Å²) in [5.74, 6) is -0.247. The summed E-state index contributed by atoms with van der Waals surface area (Å²) in [5.41, 5.74) is 1.35. The van der Waals surface area contributed by atoms with E-state index in [4.69, 9.17) is 0 Å². The fraction of sp³-hybridized carbons (Fsp3) is 0.174. The number of rotatable bonds is 8. The number of aryl methyl sites for hydroxylation is 1. The quantitative estimate of drug-likeness (QED) is 0.400. The molecule has 0 aliphatic heterocycles. The van der Waals surface area contributed by atoms with E-state index in [1.54, 1.807) is 60.0 Å². The molecule has 3 heterocycles. The van der Waals surface area contributed by atoms with E-state index in [-0.39, 0.29) is 23.8 Å². The molecule has 1 amide bonds. The van der Waals surface area contributed by atoms with Crippen LogP contribution in [0.15, 0.2) is 77.3 Å². The summed E-state index contributed by atoms with van der Waals surface area (Å²) in [7, 11) is -3.72. The standard InChI is InChI=1S/C23H21N3O3S3/c1-16-26-23(19-10-6-12-30-19)20(31-16)13-22(27)25-15-21(17-7-5-11-24-14-17)32(28,29)18-8-3-2-4-9-18/h2-12,14,21H,13,15H2,1H3,(H,25,27). The summed E-state index contributed by atoms with van der Waals surface area (Å²) in [6.07, 6.45) is 3.26. The molecule has 164 valence electrons. The van der Waals surface area contributed by atoms with Gasteiger partial charge >= 0.3 is 0 Å². The van der Waals surface area contributed by atoms with Crippen LogP contribution in [0.25, 0.3) is 10.6 Å². The van der Waals surface area contributed by atoms with Crippen LogP contribution in [-0.4, -0.2) is 30.8 Å². The van der Waals surface area contributed by atoms with Gasteiger partial charge < -0.3 is 5.32 Å². The number of benzene rings is 1. The molecule has 0 aliphatic carbocycles. The minimum atomic E-state index is -3.72. The zero-order valence-electron chi connectivity index (χ0n) is 17.3. The fourth-order valence-corrected chi connectivity index (χ4v) is 6.78. The number of nitrogens with one attached hydrogen (secondary N) is 1. The molecule has 1 N–H and O–H groups in total. The maximum absolute atomic E-state index is 13.3. The van der Waals surface area contributed by atoms with Crippen molar-refractivity contribution < 1.29 is 13.2 Å². The number of nitrogens with zero attached hydrogens (tertiary/aromatic N) is 2. The van der Waals surface area contributed by atoms with Gasteiger partial charge in [-0.2, -0.15) is 0 Å². The van der Waals surface area contributed by atoms with Gasteiger partial charge in [-0.3, -0.25) is 9.78 Å². The molecule has 0 bridgehead atoms. The van der Waals surface area contributed by atoms with Gasteiger partial charge in [-0.1, -0.05) is 30.3 Å². The molecule has 1 aromatic carbocycles. The third-order valence-corrected chi connectivity index (χ3v) is 8.83. The van der Waals surface area contributed by atoms with Crippen molar-refractivity contribution in [2.24, 2.45) is 0 Å². The molecular formula is C23H21N3O3S3. The smallest absolute Gasteiger partial charge is 0.225 e. The summed E-state index contributed by atoms with van der Waals surface area (Å²) in [5, 5.41) is 4.74. The monoisotopic (exact) mass is 483 g/mol. The molecular weight excluding hydrogens is 462 g/mol. The number of sulfone groups is 1. The Labute approximate surface area is 194 Å². The molecule has 9 heteroatoms. The SMILES string of the molecule is Cc1nc(-c2cccs2)c(CC(=O)NCC(c2cccnc2)S(=O)(=O)c2ccccc2)s1. The molecule has 4 aromatic rings. The van der Waals surface area contributed by atoms with Crippen molar-refractivity contribution in [1.29, 1.82) is 0 Å². The molecule has 0 spiro atoms. The highest BCUT2D eigenvalue weighted by Crippen LogP contribution is 2.32. The first kappa shape index (κ1) is 22.3. The number of amides is 1. The van der Waals surface area contributed by atoms with Gasteiger partial charge in [0.2, 0.25) is 5.91 Å². The van der Waals surface area contributed by atoms with Crippen LogP contribution >= 0.6 is 22.7 Å². The minimum absolute atomic E-state index is 0.0477. The Morgan fingerprint density at radius 1 is 1.09 bits per heavy atom. The Bertz CT molecular complexity index is 1290. The summed E-state index contributed by atoms with van der Waals surface area (Å²) in [6, 6.07) is 15.6. The minimum Gasteiger partial charge on any atom is -0.354 e. The number of carbonyl (C=O) groups excluding carboxylic acids is 1. The highest BCUT2D eigenvalue weighted by atomic mass is 32.2. The van der Waals surface area contributed by atoms with Gasteiger partial charge in [0, 0.05) is 23.8 Å². The van der Waals surface area contributed by atoms with Crippen LogP contribution in [-0.2, 0) is 21.1 Å². The molecule has 32 heavy (non-hydrogen) atoms. The van der Waals surface area contributed by atoms with Gasteiger partial charge in [0.15, 0.2) is 9.84 Å². The first-order valence-corrected chi connectivity index (χ1v) is 13.1.